The number of rotatable bonds is 13. The maximum Gasteiger partial charge on any atom is 0.137 e. The summed E-state index contributed by atoms with van der Waals surface area (Å²) >= 11 is 0. The molecule has 428 valence electrons. The fourth-order valence-electron chi connectivity index (χ4n) is 11.8. The Bertz CT molecular complexity index is 4750. The largest absolute Gasteiger partial charge is 0.457 e. The van der Waals surface area contributed by atoms with E-state index in [9.17, 15) is 8.22 Å². The maximum absolute atomic E-state index is 9.86. The molecular weight excluding hydrogens is 1030 g/mol. The fourth-order valence-corrected chi connectivity index (χ4v) is 11.8. The van der Waals surface area contributed by atoms with Crippen molar-refractivity contribution in [2.45, 2.75) is 119 Å². The summed E-state index contributed by atoms with van der Waals surface area (Å²) in [5, 5.41) is 1.40. The number of pyridine rings is 1. The molecule has 0 aliphatic carbocycles. The van der Waals surface area contributed by atoms with Crippen molar-refractivity contribution in [3.05, 3.63) is 240 Å². The monoisotopic (exact) mass is 1120 g/mol. The highest BCUT2D eigenvalue weighted by molar-refractivity contribution is 6.11. The summed E-state index contributed by atoms with van der Waals surface area (Å²) in [5.41, 5.74) is 14.7. The summed E-state index contributed by atoms with van der Waals surface area (Å²) in [6.45, 7) is 27.4. The minimum atomic E-state index is -1.86. The Hall–Kier alpha value is -8.67. The number of aromatic nitrogens is 2. The zero-order chi connectivity index (χ0) is 67.5. The SMILES string of the molecule is [2H]c1c([2H])c([2H])c(-c2cc(-c3cc(C(C)(C)C)cc(-c4cccc(-c5ccccc5)c4)c3N3CN(c4cccc(Oc5cc(C([2H])([2H])C(C)C)c6c7cc(C([2H])([2H])C(C)C)ccc7n(-c7cc(C(C)(C)C)ccn7)c6c5)c4)c4ccccc43)cc(C(C)(C)C)c2)c([2H])c1[2H]. The minimum absolute atomic E-state index is 0.143. The summed E-state index contributed by atoms with van der Waals surface area (Å²) in [5.74, 6) is 0.826. The molecule has 0 atom stereocenters. The summed E-state index contributed by atoms with van der Waals surface area (Å²) in [6, 6.07) is 58.1. The molecule has 0 radical (unpaired) electrons. The second-order valence-corrected chi connectivity index (χ2v) is 26.4. The average Bonchev–Trinajstić information content (AvgIpc) is 1.41. The summed E-state index contributed by atoms with van der Waals surface area (Å²) in [7, 11) is 0. The van der Waals surface area contributed by atoms with Crippen molar-refractivity contribution in [2.75, 3.05) is 16.5 Å². The van der Waals surface area contributed by atoms with Gasteiger partial charge in [-0.2, -0.15) is 0 Å². The van der Waals surface area contributed by atoms with Gasteiger partial charge in [-0.05, 0) is 181 Å². The third kappa shape index (κ3) is 11.5. The van der Waals surface area contributed by atoms with Crippen molar-refractivity contribution in [3.8, 4) is 61.8 Å². The first-order valence-corrected chi connectivity index (χ1v) is 29.8. The molecule has 0 saturated carbocycles. The number of para-hydroxylation sites is 2. The predicted molar refractivity (Wildman–Crippen MR) is 362 cm³/mol. The Morgan fingerprint density at radius 2 is 1.12 bits per heavy atom. The molecule has 11 aromatic rings. The quantitative estimate of drug-likeness (QED) is 0.115. The molecule has 1 aliphatic rings. The number of anilines is 4. The van der Waals surface area contributed by atoms with Gasteiger partial charge < -0.3 is 14.5 Å². The van der Waals surface area contributed by atoms with Crippen LogP contribution in [0.15, 0.2) is 212 Å². The molecule has 5 nitrogen and oxygen atoms in total. The Labute approximate surface area is 518 Å². The van der Waals surface area contributed by atoms with Gasteiger partial charge in [0.2, 0.25) is 0 Å². The molecule has 0 bridgehead atoms. The molecule has 0 saturated heterocycles. The van der Waals surface area contributed by atoms with Crippen LogP contribution in [0.25, 0.3) is 72.1 Å². The molecule has 9 aromatic carbocycles. The zero-order valence-corrected chi connectivity index (χ0v) is 51.4. The van der Waals surface area contributed by atoms with E-state index in [-0.39, 0.29) is 46.5 Å². The van der Waals surface area contributed by atoms with Gasteiger partial charge in [-0.1, -0.05) is 205 Å². The zero-order valence-electron chi connectivity index (χ0n) is 60.4. The topological polar surface area (TPSA) is 33.5 Å². The van der Waals surface area contributed by atoms with Gasteiger partial charge in [0.25, 0.3) is 0 Å². The highest BCUT2D eigenvalue weighted by Gasteiger charge is 2.34. The van der Waals surface area contributed by atoms with Crippen LogP contribution >= 0.6 is 0 Å². The van der Waals surface area contributed by atoms with Gasteiger partial charge in [0.05, 0.1) is 34.9 Å². The molecule has 12 rings (SSSR count). The van der Waals surface area contributed by atoms with Crippen LogP contribution in [0.1, 0.15) is 130 Å². The van der Waals surface area contributed by atoms with Crippen molar-refractivity contribution in [3.63, 3.8) is 0 Å². The van der Waals surface area contributed by atoms with Gasteiger partial charge in [-0.3, -0.25) is 4.57 Å². The van der Waals surface area contributed by atoms with Crippen molar-refractivity contribution in [1.29, 1.82) is 0 Å². The summed E-state index contributed by atoms with van der Waals surface area (Å²) in [4.78, 5) is 9.62. The Kier molecular flexibility index (Phi) is 12.3. The first-order valence-electron chi connectivity index (χ1n) is 34.3. The van der Waals surface area contributed by atoms with E-state index in [1.165, 1.54) is 0 Å². The molecule has 0 spiro atoms. The van der Waals surface area contributed by atoms with E-state index in [0.717, 1.165) is 83.7 Å². The predicted octanol–water partition coefficient (Wildman–Crippen LogP) is 22.2. The second-order valence-electron chi connectivity index (χ2n) is 26.4. The lowest BCUT2D eigenvalue weighted by Crippen LogP contribution is -2.25. The average molecular weight is 1120 g/mol. The molecule has 85 heavy (non-hydrogen) atoms. The molecule has 0 unspecified atom stereocenters. The molecule has 5 heteroatoms. The fraction of sp³-hybridized carbons (Fsp3) is 0.263. The van der Waals surface area contributed by atoms with Gasteiger partial charge in [-0.15, -0.1) is 0 Å². The number of fused-ring (bicyclic) bond motifs is 4. The van der Waals surface area contributed by atoms with Crippen LogP contribution in [0.2, 0.25) is 0 Å². The van der Waals surface area contributed by atoms with Crippen molar-refractivity contribution < 1.29 is 17.1 Å². The van der Waals surface area contributed by atoms with Gasteiger partial charge in [0, 0.05) is 51.4 Å². The highest BCUT2D eigenvalue weighted by atomic mass is 16.5. The molecule has 0 amide bonds. The minimum Gasteiger partial charge on any atom is -0.457 e. The Balaban J connectivity index is 1.05. The Morgan fingerprint density at radius 1 is 0.494 bits per heavy atom. The van der Waals surface area contributed by atoms with Gasteiger partial charge in [0.15, 0.2) is 0 Å². The molecule has 2 aromatic heterocycles. The molecule has 0 N–H and O–H groups in total. The first-order chi connectivity index (χ1) is 44.2. The van der Waals surface area contributed by atoms with E-state index in [1.807, 2.05) is 113 Å². The van der Waals surface area contributed by atoms with Crippen molar-refractivity contribution in [2.24, 2.45) is 11.8 Å². The number of hydrogen-bond donors (Lipinski definition) is 0. The third-order valence-electron chi connectivity index (χ3n) is 16.1. The van der Waals surface area contributed by atoms with Gasteiger partial charge >= 0.3 is 0 Å². The van der Waals surface area contributed by atoms with Crippen molar-refractivity contribution in [1.82, 2.24) is 9.55 Å². The van der Waals surface area contributed by atoms with Crippen molar-refractivity contribution >= 4 is 44.6 Å². The Morgan fingerprint density at radius 3 is 1.82 bits per heavy atom. The maximum atomic E-state index is 9.86. The van der Waals surface area contributed by atoms with Crippen LogP contribution < -0.4 is 14.5 Å². The number of benzene rings is 9. The standard InChI is InChI=1S/C80H82N4O/c1-52(2)38-54-34-35-71-70(40-54)76-61(39-53(3)4)45-67(50-74(76)84(71)75-48-62(36-37-81-75)78(5,6)7)85-66-31-23-30-65(49-66)82-51-83(73-33-21-20-32-72(73)82)77-68(58-29-22-28-57(41-58)55-24-16-14-17-25-55)46-64(80(11,12)13)47-69(77)60-42-59(56-26-18-15-19-27-56)43-63(44-60)79(8,9)10/h14-37,40-50,52-53H,38-39,51H2,1-13H3/i15D,18D,19D,26D,27D,38D2,39D2. The number of hydrogen-bond acceptors (Lipinski definition) is 4. The van der Waals surface area contributed by atoms with E-state index < -0.39 is 30.1 Å². The van der Waals surface area contributed by atoms with Crippen LogP contribution in [0.3, 0.4) is 0 Å². The first kappa shape index (κ1) is 46.7. The third-order valence-corrected chi connectivity index (χ3v) is 16.1. The molecule has 1 aliphatic heterocycles. The summed E-state index contributed by atoms with van der Waals surface area (Å²) in [6.07, 6.45) is -1.71. The van der Waals surface area contributed by atoms with Crippen LogP contribution in [0, 0.1) is 11.8 Å². The van der Waals surface area contributed by atoms with Gasteiger partial charge in [-0.25, -0.2) is 4.98 Å². The molecule has 3 heterocycles. The van der Waals surface area contributed by atoms with E-state index in [1.54, 1.807) is 0 Å². The lowest BCUT2D eigenvalue weighted by molar-refractivity contribution is 0.482. The van der Waals surface area contributed by atoms with E-state index >= 15 is 0 Å². The van der Waals surface area contributed by atoms with Crippen LogP contribution in [-0.4, -0.2) is 16.2 Å². The van der Waals surface area contributed by atoms with E-state index in [4.69, 9.17) is 13.8 Å². The lowest BCUT2D eigenvalue weighted by atomic mass is 9.79. The van der Waals surface area contributed by atoms with Crippen LogP contribution in [0.5, 0.6) is 11.5 Å². The number of nitrogens with zero attached hydrogens (tertiary/aromatic N) is 4. The van der Waals surface area contributed by atoms with E-state index in [2.05, 4.69) is 174 Å². The lowest BCUT2D eigenvalue weighted by Gasteiger charge is -2.31. The highest BCUT2D eigenvalue weighted by Crippen LogP contribution is 2.53. The molecular formula is C80H82N4O. The molecule has 0 fully saturated rings. The number of ether oxygens (including phenoxy) is 1. The second kappa shape index (κ2) is 22.4. The van der Waals surface area contributed by atoms with Gasteiger partial charge in [0.1, 0.15) is 24.0 Å². The normalized spacial score (nSPS) is 14.8. The smallest absolute Gasteiger partial charge is 0.137 e. The summed E-state index contributed by atoms with van der Waals surface area (Å²) < 4.78 is 91.9. The van der Waals surface area contributed by atoms with Crippen LogP contribution in [0.4, 0.5) is 22.7 Å². The van der Waals surface area contributed by atoms with E-state index in [0.29, 0.717) is 51.6 Å². The van der Waals surface area contributed by atoms with Crippen LogP contribution in [-0.2, 0) is 29.0 Å².